The monoisotopic (exact) mass is 410 g/mol. The van der Waals surface area contributed by atoms with Crippen LogP contribution in [-0.2, 0) is 0 Å². The maximum Gasteiger partial charge on any atom is 0.434 e. The van der Waals surface area contributed by atoms with Gasteiger partial charge in [0.2, 0.25) is 0 Å². The number of anilines is 1. The minimum atomic E-state index is -0.770. The van der Waals surface area contributed by atoms with Crippen molar-refractivity contribution in [2.45, 2.75) is 25.8 Å². The molecular formula is C15H18Cl3FN4O2. The first-order valence-electron chi connectivity index (χ1n) is 7.68. The van der Waals surface area contributed by atoms with Gasteiger partial charge in [-0.05, 0) is 44.8 Å². The molecule has 1 aromatic heterocycles. The number of hydrogen-bond acceptors (Lipinski definition) is 5. The predicted octanol–water partition coefficient (Wildman–Crippen LogP) is 3.70. The minimum Gasteiger partial charge on any atom is -0.388 e. The molecule has 0 saturated carbocycles. The lowest BCUT2D eigenvalue weighted by Crippen LogP contribution is -2.36. The predicted molar refractivity (Wildman–Crippen MR) is 98.5 cm³/mol. The third-order valence-corrected chi connectivity index (χ3v) is 5.08. The van der Waals surface area contributed by atoms with E-state index in [-0.39, 0.29) is 45.6 Å². The molecule has 0 bridgehead atoms. The second-order valence-electron chi connectivity index (χ2n) is 5.85. The van der Waals surface area contributed by atoms with E-state index in [2.05, 4.69) is 20.8 Å². The maximum absolute atomic E-state index is 14.9. The summed E-state index contributed by atoms with van der Waals surface area (Å²) in [6, 6.07) is 1.30. The number of piperidine rings is 1. The van der Waals surface area contributed by atoms with Crippen LogP contribution in [0.2, 0.25) is 10.0 Å². The number of nitrogens with one attached hydrogen (secondary N) is 3. The molecule has 1 aliphatic rings. The fourth-order valence-corrected chi connectivity index (χ4v) is 3.32. The summed E-state index contributed by atoms with van der Waals surface area (Å²) < 4.78 is 19.7. The number of halogens is 4. The number of hydrogen-bond donors (Lipinski definition) is 3. The van der Waals surface area contributed by atoms with E-state index in [9.17, 15) is 9.18 Å². The molecule has 1 fully saturated rings. The summed E-state index contributed by atoms with van der Waals surface area (Å²) in [5.41, 5.74) is 0.0682. The first kappa shape index (κ1) is 20.0. The third-order valence-electron chi connectivity index (χ3n) is 4.29. The van der Waals surface area contributed by atoms with Crippen molar-refractivity contribution >= 4 is 41.3 Å². The number of benzene rings is 1. The average Bonchev–Trinajstić information content (AvgIpc) is 3.01. The van der Waals surface area contributed by atoms with Gasteiger partial charge in [-0.25, -0.2) is 14.3 Å². The van der Waals surface area contributed by atoms with Crippen molar-refractivity contribution in [2.75, 3.05) is 18.4 Å². The van der Waals surface area contributed by atoms with Crippen LogP contribution in [0.15, 0.2) is 15.3 Å². The quantitative estimate of drug-likeness (QED) is 0.668. The van der Waals surface area contributed by atoms with Crippen LogP contribution in [0.3, 0.4) is 0 Å². The largest absolute Gasteiger partial charge is 0.434 e. The van der Waals surface area contributed by atoms with E-state index in [1.165, 1.54) is 6.07 Å². The van der Waals surface area contributed by atoms with Gasteiger partial charge in [0, 0.05) is 6.04 Å². The second-order valence-corrected chi connectivity index (χ2v) is 6.63. The van der Waals surface area contributed by atoms with Crippen molar-refractivity contribution in [1.82, 2.24) is 15.5 Å². The number of aromatic nitrogens is 2. The zero-order valence-corrected chi connectivity index (χ0v) is 15.7. The van der Waals surface area contributed by atoms with E-state index in [4.69, 9.17) is 27.6 Å². The minimum absolute atomic E-state index is 0. The van der Waals surface area contributed by atoms with Gasteiger partial charge in [0.25, 0.3) is 5.89 Å². The van der Waals surface area contributed by atoms with Crippen LogP contribution in [-0.4, -0.2) is 29.3 Å². The van der Waals surface area contributed by atoms with E-state index in [0.717, 1.165) is 25.9 Å². The van der Waals surface area contributed by atoms with Crippen molar-refractivity contribution in [3.05, 3.63) is 32.5 Å². The van der Waals surface area contributed by atoms with Gasteiger partial charge in [0.05, 0.1) is 21.3 Å². The molecular weight excluding hydrogens is 394 g/mol. The van der Waals surface area contributed by atoms with Crippen molar-refractivity contribution in [3.8, 4) is 11.5 Å². The lowest BCUT2D eigenvalue weighted by Gasteiger charge is -2.30. The molecule has 1 saturated heterocycles. The fourth-order valence-electron chi connectivity index (χ4n) is 2.92. The highest BCUT2D eigenvalue weighted by molar-refractivity contribution is 6.44. The average molecular weight is 412 g/mol. The van der Waals surface area contributed by atoms with Crippen LogP contribution < -0.4 is 16.4 Å². The Labute approximate surface area is 159 Å². The Balaban J connectivity index is 0.00000225. The lowest BCUT2D eigenvalue weighted by molar-refractivity contribution is 0.342. The van der Waals surface area contributed by atoms with Crippen LogP contribution in [0, 0.1) is 11.7 Å². The molecule has 3 N–H and O–H groups in total. The Bertz CT molecular complexity index is 790. The zero-order valence-electron chi connectivity index (χ0n) is 13.4. The zero-order chi connectivity index (χ0) is 17.3. The molecule has 0 amide bonds. The molecule has 138 valence electrons. The molecule has 0 radical (unpaired) electrons. The summed E-state index contributed by atoms with van der Waals surface area (Å²) in [6.45, 7) is 3.86. The van der Waals surface area contributed by atoms with Crippen molar-refractivity contribution < 1.29 is 8.81 Å². The molecule has 6 nitrogen and oxygen atoms in total. The van der Waals surface area contributed by atoms with Crippen molar-refractivity contribution in [2.24, 2.45) is 5.92 Å². The summed E-state index contributed by atoms with van der Waals surface area (Å²) in [4.78, 5) is 11.1. The molecule has 25 heavy (non-hydrogen) atoms. The Morgan fingerprint density at radius 2 is 2.08 bits per heavy atom. The van der Waals surface area contributed by atoms with Gasteiger partial charge in [-0.15, -0.1) is 17.5 Å². The highest BCUT2D eigenvalue weighted by Gasteiger charge is 2.25. The summed E-state index contributed by atoms with van der Waals surface area (Å²) in [5, 5.41) is 12.4. The molecule has 0 unspecified atom stereocenters. The molecule has 10 heteroatoms. The molecule has 0 spiro atoms. The summed E-state index contributed by atoms with van der Waals surface area (Å²) in [6.07, 6.45) is 1.99. The molecule has 2 aromatic rings. The summed E-state index contributed by atoms with van der Waals surface area (Å²) in [7, 11) is 0. The Kier molecular flexibility index (Phi) is 6.73. The number of aromatic amines is 1. The van der Waals surface area contributed by atoms with Gasteiger partial charge >= 0.3 is 5.76 Å². The van der Waals surface area contributed by atoms with Gasteiger partial charge in [-0.1, -0.05) is 23.2 Å². The first-order chi connectivity index (χ1) is 11.5. The van der Waals surface area contributed by atoms with Gasteiger partial charge in [0.15, 0.2) is 5.82 Å². The molecule has 1 aliphatic heterocycles. The third kappa shape index (κ3) is 4.28. The Morgan fingerprint density at radius 3 is 2.68 bits per heavy atom. The second kappa shape index (κ2) is 8.40. The molecule has 1 aromatic carbocycles. The van der Waals surface area contributed by atoms with Crippen LogP contribution in [0.5, 0.6) is 0 Å². The van der Waals surface area contributed by atoms with E-state index in [1.807, 2.05) is 6.92 Å². The van der Waals surface area contributed by atoms with Crippen LogP contribution in [0.1, 0.15) is 19.8 Å². The molecule has 2 heterocycles. The fraction of sp³-hybridized carbons (Fsp3) is 0.467. The van der Waals surface area contributed by atoms with Gasteiger partial charge in [-0.3, -0.25) is 0 Å². The van der Waals surface area contributed by atoms with Crippen molar-refractivity contribution in [3.63, 3.8) is 0 Å². The standard InChI is InChI=1S/C15H17Cl2FN4O2.ClH/c1-7(8-2-4-19-5-3-8)20-13-11(17)10(16)6-9(12(13)18)14-21-22-15(23)24-14;/h6-8,19-20H,2-5H2,1H3,(H,22,23);1H/t7-;/m0./s1. The normalized spacial score (nSPS) is 16.3. The van der Waals surface area contributed by atoms with Crippen LogP contribution in [0.25, 0.3) is 11.5 Å². The van der Waals surface area contributed by atoms with Crippen molar-refractivity contribution in [1.29, 1.82) is 0 Å². The lowest BCUT2D eigenvalue weighted by atomic mass is 9.91. The smallest absolute Gasteiger partial charge is 0.388 e. The maximum atomic E-state index is 14.9. The molecule has 0 aliphatic carbocycles. The van der Waals surface area contributed by atoms with E-state index < -0.39 is 11.6 Å². The summed E-state index contributed by atoms with van der Waals surface area (Å²) >= 11 is 12.3. The highest BCUT2D eigenvalue weighted by Crippen LogP contribution is 2.39. The van der Waals surface area contributed by atoms with Gasteiger partial charge in [-0.2, -0.15) is 0 Å². The van der Waals surface area contributed by atoms with Crippen LogP contribution >= 0.6 is 35.6 Å². The summed E-state index contributed by atoms with van der Waals surface area (Å²) in [5.74, 6) is -1.20. The number of H-pyrrole nitrogens is 1. The van der Waals surface area contributed by atoms with E-state index in [1.54, 1.807) is 0 Å². The van der Waals surface area contributed by atoms with Gasteiger partial charge < -0.3 is 15.1 Å². The number of rotatable bonds is 4. The molecule has 1 atom stereocenters. The van der Waals surface area contributed by atoms with Crippen LogP contribution in [0.4, 0.5) is 10.1 Å². The highest BCUT2D eigenvalue weighted by atomic mass is 35.5. The first-order valence-corrected chi connectivity index (χ1v) is 8.43. The van der Waals surface area contributed by atoms with E-state index >= 15 is 0 Å². The SMILES string of the molecule is C[C@H](Nc1c(F)c(-c2n[nH]c(=O)o2)cc(Cl)c1Cl)C1CCNCC1.Cl. The molecule has 3 rings (SSSR count). The Hall–Kier alpha value is -1.28. The Morgan fingerprint density at radius 1 is 1.40 bits per heavy atom. The number of nitrogens with zero attached hydrogens (tertiary/aromatic N) is 1. The van der Waals surface area contributed by atoms with E-state index in [0.29, 0.717) is 5.92 Å². The topological polar surface area (TPSA) is 83.0 Å². The van der Waals surface area contributed by atoms with Gasteiger partial charge in [0.1, 0.15) is 0 Å².